The van der Waals surface area contributed by atoms with Gasteiger partial charge in [-0.1, -0.05) is 18.2 Å². The van der Waals surface area contributed by atoms with Crippen LogP contribution in [0.5, 0.6) is 11.5 Å². The molecule has 0 bridgehead atoms. The fourth-order valence-electron chi connectivity index (χ4n) is 1.60. The normalized spacial score (nSPS) is 14.7. The fraction of sp³-hybridized carbons (Fsp3) is 0.308. The van der Waals surface area contributed by atoms with Crippen molar-refractivity contribution in [3.8, 4) is 11.5 Å². The molecule has 2 rings (SSSR count). The van der Waals surface area contributed by atoms with Gasteiger partial charge in [0.15, 0.2) is 17.5 Å². The van der Waals surface area contributed by atoms with E-state index in [9.17, 15) is 0 Å². The van der Waals surface area contributed by atoms with Crippen molar-refractivity contribution in [3.63, 3.8) is 0 Å². The lowest BCUT2D eigenvalue weighted by Crippen LogP contribution is -2.22. The number of ether oxygens (including phenoxy) is 2. The summed E-state index contributed by atoms with van der Waals surface area (Å²) in [6.45, 7) is 5.14. The summed E-state index contributed by atoms with van der Waals surface area (Å²) in [5, 5.41) is 3.39. The van der Waals surface area contributed by atoms with Crippen molar-refractivity contribution in [1.29, 1.82) is 0 Å². The highest BCUT2D eigenvalue weighted by atomic mass is 35.5. The van der Waals surface area contributed by atoms with Crippen LogP contribution in [0.3, 0.4) is 0 Å². The van der Waals surface area contributed by atoms with Gasteiger partial charge in [0.2, 0.25) is 0 Å². The second-order valence-corrected chi connectivity index (χ2v) is 4.59. The van der Waals surface area contributed by atoms with Crippen molar-refractivity contribution in [2.24, 2.45) is 10.7 Å². The summed E-state index contributed by atoms with van der Waals surface area (Å²) in [6.07, 6.45) is 0.874. The molecule has 0 saturated heterocycles. The molecule has 1 aromatic rings. The number of nitrogens with zero attached hydrogens (tertiary/aromatic N) is 1. The van der Waals surface area contributed by atoms with E-state index in [4.69, 9.17) is 26.8 Å². The minimum Gasteiger partial charge on any atom is -0.490 e. The number of aliphatic imine (C=N–C) groups is 1. The van der Waals surface area contributed by atoms with Crippen LogP contribution < -0.4 is 20.5 Å². The van der Waals surface area contributed by atoms with Crippen LogP contribution in [0, 0.1) is 0 Å². The Morgan fingerprint density at radius 3 is 2.84 bits per heavy atom. The number of nitrogens with one attached hydrogen (secondary N) is 1. The smallest absolute Gasteiger partial charge is 0.193 e. The van der Waals surface area contributed by atoms with Gasteiger partial charge in [0, 0.05) is 23.2 Å². The molecule has 1 aliphatic rings. The SMILES string of the molecule is C=C(Cl)CN=C(N)Nc1ccc2c(c1)OCCCO2. The second kappa shape index (κ2) is 6.33. The Morgan fingerprint density at radius 2 is 2.11 bits per heavy atom. The van der Waals surface area contributed by atoms with Crippen molar-refractivity contribution in [3.05, 3.63) is 29.8 Å². The molecule has 0 radical (unpaired) electrons. The van der Waals surface area contributed by atoms with E-state index in [1.807, 2.05) is 18.2 Å². The summed E-state index contributed by atoms with van der Waals surface area (Å²) in [7, 11) is 0. The number of hydrogen-bond donors (Lipinski definition) is 2. The van der Waals surface area contributed by atoms with Crippen molar-refractivity contribution in [2.45, 2.75) is 6.42 Å². The predicted molar refractivity (Wildman–Crippen MR) is 77.2 cm³/mol. The van der Waals surface area contributed by atoms with E-state index in [0.717, 1.165) is 17.9 Å². The molecule has 19 heavy (non-hydrogen) atoms. The Bertz CT molecular complexity index is 503. The molecule has 3 N–H and O–H groups in total. The van der Waals surface area contributed by atoms with Gasteiger partial charge < -0.3 is 20.5 Å². The number of halogens is 1. The van der Waals surface area contributed by atoms with Gasteiger partial charge in [0.25, 0.3) is 0 Å². The Balaban J connectivity index is 2.07. The molecule has 0 spiro atoms. The van der Waals surface area contributed by atoms with E-state index >= 15 is 0 Å². The molecule has 0 amide bonds. The topological polar surface area (TPSA) is 68.9 Å². The molecular formula is C13H16ClN3O2. The summed E-state index contributed by atoms with van der Waals surface area (Å²) in [4.78, 5) is 4.03. The van der Waals surface area contributed by atoms with Gasteiger partial charge >= 0.3 is 0 Å². The number of rotatable bonds is 3. The van der Waals surface area contributed by atoms with Gasteiger partial charge in [-0.15, -0.1) is 0 Å². The summed E-state index contributed by atoms with van der Waals surface area (Å²) >= 11 is 5.62. The summed E-state index contributed by atoms with van der Waals surface area (Å²) in [5.74, 6) is 1.72. The predicted octanol–water partition coefficient (Wildman–Crippen LogP) is 2.33. The average Bonchev–Trinajstić information content (AvgIpc) is 2.61. The lowest BCUT2D eigenvalue weighted by molar-refractivity contribution is 0.297. The first-order valence-corrected chi connectivity index (χ1v) is 6.33. The lowest BCUT2D eigenvalue weighted by atomic mass is 10.3. The Hall–Kier alpha value is -1.88. The molecule has 0 saturated carbocycles. The Kier molecular flexibility index (Phi) is 4.52. The fourth-order valence-corrected chi connectivity index (χ4v) is 1.66. The maximum Gasteiger partial charge on any atom is 0.193 e. The molecule has 0 aromatic heterocycles. The third kappa shape index (κ3) is 4.06. The van der Waals surface area contributed by atoms with Gasteiger partial charge in [-0.2, -0.15) is 0 Å². The highest BCUT2D eigenvalue weighted by Crippen LogP contribution is 2.32. The molecule has 0 atom stereocenters. The lowest BCUT2D eigenvalue weighted by Gasteiger charge is -2.10. The minimum atomic E-state index is 0.274. The number of benzene rings is 1. The first-order valence-electron chi connectivity index (χ1n) is 5.95. The van der Waals surface area contributed by atoms with Crippen LogP contribution in [0.15, 0.2) is 34.8 Å². The highest BCUT2D eigenvalue weighted by molar-refractivity contribution is 6.29. The summed E-state index contributed by atoms with van der Waals surface area (Å²) in [5.41, 5.74) is 6.51. The van der Waals surface area contributed by atoms with Crippen LogP contribution in [0.25, 0.3) is 0 Å². The average molecular weight is 282 g/mol. The maximum atomic E-state index is 5.73. The molecule has 5 nitrogen and oxygen atoms in total. The maximum absolute atomic E-state index is 5.73. The molecule has 1 aromatic carbocycles. The standard InChI is InChI=1S/C13H16ClN3O2/c1-9(14)8-16-13(15)17-10-3-4-11-12(7-10)19-6-2-5-18-11/h3-4,7H,1-2,5-6,8H2,(H3,15,16,17). The molecule has 0 aliphatic carbocycles. The van der Waals surface area contributed by atoms with Crippen LogP contribution in [-0.2, 0) is 0 Å². The van der Waals surface area contributed by atoms with Crippen LogP contribution in [0.4, 0.5) is 5.69 Å². The number of hydrogen-bond acceptors (Lipinski definition) is 3. The van der Waals surface area contributed by atoms with Crippen molar-refractivity contribution < 1.29 is 9.47 Å². The minimum absolute atomic E-state index is 0.274. The van der Waals surface area contributed by atoms with Gasteiger partial charge in [-0.3, -0.25) is 0 Å². The molecule has 0 fully saturated rings. The van der Waals surface area contributed by atoms with E-state index < -0.39 is 0 Å². The van der Waals surface area contributed by atoms with Gasteiger partial charge in [-0.25, -0.2) is 4.99 Å². The Morgan fingerprint density at radius 1 is 1.37 bits per heavy atom. The van der Waals surface area contributed by atoms with E-state index in [-0.39, 0.29) is 12.5 Å². The molecular weight excluding hydrogens is 266 g/mol. The molecule has 6 heteroatoms. The molecule has 1 aliphatic heterocycles. The zero-order valence-corrected chi connectivity index (χ0v) is 11.2. The number of anilines is 1. The van der Waals surface area contributed by atoms with E-state index in [0.29, 0.717) is 24.0 Å². The van der Waals surface area contributed by atoms with Crippen LogP contribution in [0.1, 0.15) is 6.42 Å². The third-order valence-corrected chi connectivity index (χ3v) is 2.56. The quantitative estimate of drug-likeness (QED) is 0.659. The first kappa shape index (κ1) is 13.5. The molecule has 0 unspecified atom stereocenters. The van der Waals surface area contributed by atoms with Gasteiger partial charge in [-0.05, 0) is 12.1 Å². The number of nitrogens with two attached hydrogens (primary N) is 1. The van der Waals surface area contributed by atoms with E-state index in [1.54, 1.807) is 0 Å². The third-order valence-electron chi connectivity index (χ3n) is 2.44. The second-order valence-electron chi connectivity index (χ2n) is 4.06. The first-order chi connectivity index (χ1) is 9.15. The van der Waals surface area contributed by atoms with E-state index in [1.165, 1.54) is 0 Å². The zero-order valence-electron chi connectivity index (χ0n) is 10.5. The van der Waals surface area contributed by atoms with Gasteiger partial charge in [0.05, 0.1) is 19.8 Å². The number of fused-ring (bicyclic) bond motifs is 1. The van der Waals surface area contributed by atoms with Crippen molar-refractivity contribution in [1.82, 2.24) is 0 Å². The Labute approximate surface area is 117 Å². The zero-order chi connectivity index (χ0) is 13.7. The van der Waals surface area contributed by atoms with Crippen molar-refractivity contribution in [2.75, 3.05) is 25.1 Å². The summed E-state index contributed by atoms with van der Waals surface area (Å²) in [6, 6.07) is 5.53. The van der Waals surface area contributed by atoms with Crippen molar-refractivity contribution >= 4 is 23.2 Å². The summed E-state index contributed by atoms with van der Waals surface area (Å²) < 4.78 is 11.1. The van der Waals surface area contributed by atoms with Crippen LogP contribution in [0.2, 0.25) is 0 Å². The monoisotopic (exact) mass is 281 g/mol. The molecule has 1 heterocycles. The highest BCUT2D eigenvalue weighted by Gasteiger charge is 2.10. The van der Waals surface area contributed by atoms with Crippen LogP contribution >= 0.6 is 11.6 Å². The van der Waals surface area contributed by atoms with Crippen LogP contribution in [-0.4, -0.2) is 25.7 Å². The van der Waals surface area contributed by atoms with E-state index in [2.05, 4.69) is 16.9 Å². The largest absolute Gasteiger partial charge is 0.490 e. The van der Waals surface area contributed by atoms with Gasteiger partial charge in [0.1, 0.15) is 0 Å². The number of guanidine groups is 1. The molecule has 102 valence electrons.